The average Bonchev–Trinajstić information content (AvgIpc) is 2.58. The Kier molecular flexibility index (Phi) is 7.41. The highest BCUT2D eigenvalue weighted by atomic mass is 79.9. The van der Waals surface area contributed by atoms with Crippen molar-refractivity contribution >= 4 is 49.6 Å². The topological polar surface area (TPSA) is 68.1 Å². The molecule has 0 aromatic heterocycles. The maximum Gasteiger partial charge on any atom is 0.358 e. The van der Waals surface area contributed by atoms with Crippen LogP contribution in [-0.2, 0) is 16.2 Å². The first kappa shape index (κ1) is 20.2. The molecule has 0 amide bonds. The fourth-order valence-electron chi connectivity index (χ4n) is 2.38. The number of carboxylic acid groups (broad SMARTS) is 1. The van der Waals surface area contributed by atoms with Crippen LogP contribution in [0.1, 0.15) is 22.3 Å². The summed E-state index contributed by atoms with van der Waals surface area (Å²) in [6.45, 7) is 2.17. The maximum atomic E-state index is 11.4. The maximum absolute atomic E-state index is 11.4. The van der Waals surface area contributed by atoms with E-state index in [-0.39, 0.29) is 12.3 Å². The van der Waals surface area contributed by atoms with E-state index < -0.39 is 5.97 Å². The lowest BCUT2D eigenvalue weighted by atomic mass is 10.0. The van der Waals surface area contributed by atoms with Crippen LogP contribution in [-0.4, -0.2) is 23.9 Å². The molecule has 1 N–H and O–H groups in total. The molecular weight excluding hydrogens is 466 g/mol. The van der Waals surface area contributed by atoms with Crippen molar-refractivity contribution in [1.29, 1.82) is 0 Å². The number of carboxylic acids is 1. The van der Waals surface area contributed by atoms with Gasteiger partial charge in [0.25, 0.3) is 0 Å². The molecule has 0 atom stereocenters. The van der Waals surface area contributed by atoms with Crippen molar-refractivity contribution in [2.75, 3.05) is 7.11 Å². The predicted octanol–water partition coefficient (Wildman–Crippen LogP) is 5.10. The van der Waals surface area contributed by atoms with E-state index in [1.54, 1.807) is 18.2 Å². The van der Waals surface area contributed by atoms with E-state index in [2.05, 4.69) is 41.9 Å². The number of hydrogen-bond acceptors (Lipinski definition) is 4. The molecule has 26 heavy (non-hydrogen) atoms. The minimum absolute atomic E-state index is 0.161. The molecule has 0 saturated carbocycles. The standard InChI is InChI=1S/C19H17Br2NO4/c1-12-9-13(10-17(20)21)7-8-16(12)26-11-14-5-3-4-6-15(14)18(19(23)24)22-25-2/h3-10H,11H2,1-2H3,(H,23,24)/b22-18-. The molecule has 0 aliphatic carbocycles. The van der Waals surface area contributed by atoms with Crippen molar-refractivity contribution in [3.05, 3.63) is 68.1 Å². The quantitative estimate of drug-likeness (QED) is 0.440. The summed E-state index contributed by atoms with van der Waals surface area (Å²) in [7, 11) is 1.31. The second kappa shape index (κ2) is 9.54. The molecule has 0 aliphatic heterocycles. The molecule has 5 nitrogen and oxygen atoms in total. The lowest BCUT2D eigenvalue weighted by Gasteiger charge is -2.13. The summed E-state index contributed by atoms with van der Waals surface area (Å²) in [5, 5.41) is 13.0. The van der Waals surface area contributed by atoms with Gasteiger partial charge in [-0.1, -0.05) is 35.5 Å². The van der Waals surface area contributed by atoms with Gasteiger partial charge in [-0.2, -0.15) is 0 Å². The van der Waals surface area contributed by atoms with Crippen LogP contribution in [0, 0.1) is 6.92 Å². The van der Waals surface area contributed by atoms with E-state index in [9.17, 15) is 9.90 Å². The molecule has 0 radical (unpaired) electrons. The van der Waals surface area contributed by atoms with Crippen LogP contribution in [0.15, 0.2) is 51.0 Å². The number of oxime groups is 1. The Morgan fingerprint density at radius 1 is 1.23 bits per heavy atom. The number of rotatable bonds is 7. The average molecular weight is 483 g/mol. The number of halogens is 2. The summed E-state index contributed by atoms with van der Waals surface area (Å²) in [4.78, 5) is 16.1. The van der Waals surface area contributed by atoms with Crippen molar-refractivity contribution in [2.24, 2.45) is 5.16 Å². The molecule has 2 rings (SSSR count). The molecule has 7 heteroatoms. The Hall–Kier alpha value is -2.12. The third-order valence-electron chi connectivity index (χ3n) is 3.52. The van der Waals surface area contributed by atoms with Gasteiger partial charge in [0.05, 0.1) is 3.39 Å². The van der Waals surface area contributed by atoms with Crippen molar-refractivity contribution in [1.82, 2.24) is 0 Å². The van der Waals surface area contributed by atoms with Gasteiger partial charge in [-0.15, -0.1) is 0 Å². The van der Waals surface area contributed by atoms with E-state index >= 15 is 0 Å². The van der Waals surface area contributed by atoms with Gasteiger partial charge in [-0.25, -0.2) is 4.79 Å². The summed E-state index contributed by atoms with van der Waals surface area (Å²) < 4.78 is 6.75. The molecule has 136 valence electrons. The molecule has 2 aromatic carbocycles. The van der Waals surface area contributed by atoms with E-state index in [0.29, 0.717) is 11.1 Å². The van der Waals surface area contributed by atoms with Gasteiger partial charge < -0.3 is 14.7 Å². The smallest absolute Gasteiger partial charge is 0.358 e. The number of benzene rings is 2. The number of aryl methyl sites for hydroxylation is 1. The van der Waals surface area contributed by atoms with Crippen LogP contribution in [0.4, 0.5) is 0 Å². The van der Waals surface area contributed by atoms with E-state index in [1.807, 2.05) is 37.3 Å². The molecule has 0 spiro atoms. The van der Waals surface area contributed by atoms with Gasteiger partial charge in [-0.3, -0.25) is 0 Å². The second-order valence-electron chi connectivity index (χ2n) is 5.33. The van der Waals surface area contributed by atoms with Gasteiger partial charge in [0.15, 0.2) is 5.71 Å². The highest BCUT2D eigenvalue weighted by Gasteiger charge is 2.17. The second-order valence-corrected chi connectivity index (χ2v) is 8.11. The van der Waals surface area contributed by atoms with Gasteiger partial charge >= 0.3 is 5.97 Å². The van der Waals surface area contributed by atoms with Crippen LogP contribution >= 0.6 is 31.9 Å². The lowest BCUT2D eigenvalue weighted by Crippen LogP contribution is -2.17. The van der Waals surface area contributed by atoms with E-state index in [1.165, 1.54) is 7.11 Å². The third kappa shape index (κ3) is 5.44. The fourth-order valence-corrected chi connectivity index (χ4v) is 2.91. The highest BCUT2D eigenvalue weighted by Crippen LogP contribution is 2.24. The molecule has 2 aromatic rings. The Balaban J connectivity index is 2.24. The zero-order chi connectivity index (χ0) is 19.1. The van der Waals surface area contributed by atoms with E-state index in [0.717, 1.165) is 20.3 Å². The van der Waals surface area contributed by atoms with Crippen LogP contribution in [0.2, 0.25) is 0 Å². The number of carbonyl (C=O) groups is 1. The zero-order valence-electron chi connectivity index (χ0n) is 14.2. The Morgan fingerprint density at radius 3 is 2.58 bits per heavy atom. The van der Waals surface area contributed by atoms with Crippen LogP contribution < -0.4 is 4.74 Å². The Morgan fingerprint density at radius 2 is 1.96 bits per heavy atom. The molecule has 0 unspecified atom stereocenters. The molecule has 0 fully saturated rings. The number of ether oxygens (including phenoxy) is 1. The monoisotopic (exact) mass is 481 g/mol. The summed E-state index contributed by atoms with van der Waals surface area (Å²) in [5.74, 6) is -0.435. The number of nitrogens with zero attached hydrogens (tertiary/aromatic N) is 1. The van der Waals surface area contributed by atoms with Gasteiger partial charge in [0.1, 0.15) is 19.5 Å². The normalized spacial score (nSPS) is 11.0. The SMILES string of the molecule is CO/N=C(\C(=O)O)c1ccccc1COc1ccc(C=C(Br)Br)cc1C. The first-order chi connectivity index (χ1) is 12.4. The summed E-state index contributed by atoms with van der Waals surface area (Å²) >= 11 is 6.68. The fraction of sp³-hybridized carbons (Fsp3) is 0.158. The molecule has 0 bridgehead atoms. The van der Waals surface area contributed by atoms with Gasteiger partial charge in [-0.05, 0) is 73.7 Å². The van der Waals surface area contributed by atoms with Crippen LogP contribution in [0.25, 0.3) is 6.08 Å². The van der Waals surface area contributed by atoms with Crippen LogP contribution in [0.5, 0.6) is 5.75 Å². The molecule has 0 saturated heterocycles. The van der Waals surface area contributed by atoms with Crippen LogP contribution in [0.3, 0.4) is 0 Å². The van der Waals surface area contributed by atoms with Gasteiger partial charge in [0.2, 0.25) is 0 Å². The summed E-state index contributed by atoms with van der Waals surface area (Å²) in [6.07, 6.45) is 1.94. The lowest BCUT2D eigenvalue weighted by molar-refractivity contribution is -0.129. The molecule has 0 aliphatic rings. The minimum Gasteiger partial charge on any atom is -0.489 e. The number of aliphatic carboxylic acids is 1. The Labute approximate surface area is 168 Å². The minimum atomic E-state index is -1.16. The highest BCUT2D eigenvalue weighted by molar-refractivity contribution is 9.28. The van der Waals surface area contributed by atoms with Crippen molar-refractivity contribution in [3.63, 3.8) is 0 Å². The predicted molar refractivity (Wildman–Crippen MR) is 109 cm³/mol. The Bertz CT molecular complexity index is 858. The zero-order valence-corrected chi connectivity index (χ0v) is 17.4. The summed E-state index contributed by atoms with van der Waals surface area (Å²) in [5.41, 5.74) is 3.01. The van der Waals surface area contributed by atoms with Gasteiger partial charge in [0, 0.05) is 5.56 Å². The molecular formula is C19H17Br2NO4. The largest absolute Gasteiger partial charge is 0.489 e. The summed E-state index contributed by atoms with van der Waals surface area (Å²) in [6, 6.07) is 12.9. The third-order valence-corrected chi connectivity index (χ3v) is 3.97. The molecule has 0 heterocycles. The van der Waals surface area contributed by atoms with Crippen molar-refractivity contribution in [3.8, 4) is 5.75 Å². The number of hydrogen-bond donors (Lipinski definition) is 1. The van der Waals surface area contributed by atoms with Crippen molar-refractivity contribution < 1.29 is 19.5 Å². The first-order valence-electron chi connectivity index (χ1n) is 7.61. The van der Waals surface area contributed by atoms with Crippen molar-refractivity contribution in [2.45, 2.75) is 13.5 Å². The first-order valence-corrected chi connectivity index (χ1v) is 9.20. The van der Waals surface area contributed by atoms with E-state index in [4.69, 9.17) is 4.74 Å².